The molecule has 3 amide bonds. The molecule has 12 nitrogen and oxygen atoms in total. The smallest absolute Gasteiger partial charge is 0.422 e. The van der Waals surface area contributed by atoms with E-state index < -0.39 is 36.1 Å². The van der Waals surface area contributed by atoms with Crippen LogP contribution >= 0.6 is 11.6 Å². The number of hydrogen-bond donors (Lipinski definition) is 5. The van der Waals surface area contributed by atoms with E-state index in [0.29, 0.717) is 22.7 Å². The second-order valence-corrected chi connectivity index (χ2v) is 9.75. The second-order valence-electron chi connectivity index (χ2n) is 9.32. The Bertz CT molecular complexity index is 1430. The van der Waals surface area contributed by atoms with Gasteiger partial charge in [-0.2, -0.15) is 28.1 Å². The number of aromatic nitrogens is 3. The number of benzene rings is 2. The minimum Gasteiger partial charge on any atom is -0.454 e. The first-order valence-corrected chi connectivity index (χ1v) is 13.0. The average Bonchev–Trinajstić information content (AvgIpc) is 3.72. The van der Waals surface area contributed by atoms with Crippen LogP contribution in [0.15, 0.2) is 48.5 Å². The molecule has 1 aliphatic rings. The highest BCUT2D eigenvalue weighted by molar-refractivity contribution is 6.34. The van der Waals surface area contributed by atoms with E-state index in [-0.39, 0.29) is 30.9 Å². The summed E-state index contributed by atoms with van der Waals surface area (Å²) in [7, 11) is 0. The maximum absolute atomic E-state index is 12.8. The Morgan fingerprint density at radius 2 is 1.57 bits per heavy atom. The zero-order valence-corrected chi connectivity index (χ0v) is 22.7. The van der Waals surface area contributed by atoms with Gasteiger partial charge in [-0.25, -0.2) is 0 Å². The van der Waals surface area contributed by atoms with Crippen molar-refractivity contribution < 1.29 is 32.3 Å². The highest BCUT2D eigenvalue weighted by Gasteiger charge is 2.45. The SMILES string of the molecule is NC(=O)C(=O)NCCCNC(=O)c1ccc(Nc2nc(NC3(c4ccc(Cl)cc4)CC3)nc(OCC(F)(F)F)n2)cc1. The van der Waals surface area contributed by atoms with Crippen molar-refractivity contribution in [2.75, 3.05) is 30.3 Å². The molecule has 1 fully saturated rings. The second kappa shape index (κ2) is 12.9. The maximum Gasteiger partial charge on any atom is 0.422 e. The minimum absolute atomic E-state index is 0.0140. The van der Waals surface area contributed by atoms with Crippen LogP contribution in [0, 0.1) is 0 Å². The summed E-state index contributed by atoms with van der Waals surface area (Å²) in [6, 6.07) is 12.8. The van der Waals surface area contributed by atoms with Crippen molar-refractivity contribution >= 4 is 46.9 Å². The lowest BCUT2D eigenvalue weighted by Gasteiger charge is -2.19. The van der Waals surface area contributed by atoms with Gasteiger partial charge in [0.05, 0.1) is 5.54 Å². The Hall–Kier alpha value is -4.66. The molecule has 1 aliphatic carbocycles. The number of anilines is 3. The fourth-order valence-electron chi connectivity index (χ4n) is 3.79. The number of amides is 3. The van der Waals surface area contributed by atoms with Crippen LogP contribution in [0.25, 0.3) is 0 Å². The summed E-state index contributed by atoms with van der Waals surface area (Å²) in [6.07, 6.45) is -2.73. The van der Waals surface area contributed by atoms with E-state index in [4.69, 9.17) is 22.1 Å². The van der Waals surface area contributed by atoms with Crippen LogP contribution < -0.4 is 31.7 Å². The summed E-state index contributed by atoms with van der Waals surface area (Å²) in [5, 5.41) is 11.6. The Labute approximate surface area is 242 Å². The van der Waals surface area contributed by atoms with Gasteiger partial charge in [-0.3, -0.25) is 14.4 Å². The van der Waals surface area contributed by atoms with Gasteiger partial charge in [0, 0.05) is 29.4 Å². The monoisotopic (exact) mass is 606 g/mol. The van der Waals surface area contributed by atoms with E-state index in [1.165, 1.54) is 12.1 Å². The zero-order chi connectivity index (χ0) is 30.3. The number of primary amides is 1. The van der Waals surface area contributed by atoms with E-state index in [1.54, 1.807) is 24.3 Å². The number of nitrogens with zero attached hydrogens (tertiary/aromatic N) is 3. The van der Waals surface area contributed by atoms with Crippen molar-refractivity contribution in [3.63, 3.8) is 0 Å². The van der Waals surface area contributed by atoms with Gasteiger partial charge in [-0.15, -0.1) is 0 Å². The van der Waals surface area contributed by atoms with Gasteiger partial charge in [0.2, 0.25) is 11.9 Å². The molecule has 1 heterocycles. The van der Waals surface area contributed by atoms with Crippen LogP contribution in [0.4, 0.5) is 30.8 Å². The van der Waals surface area contributed by atoms with E-state index in [1.807, 2.05) is 12.1 Å². The number of carbonyl (C=O) groups excluding carboxylic acids is 3. The van der Waals surface area contributed by atoms with E-state index in [2.05, 4.69) is 36.2 Å². The van der Waals surface area contributed by atoms with Gasteiger partial charge >= 0.3 is 24.0 Å². The summed E-state index contributed by atoms with van der Waals surface area (Å²) < 4.78 is 43.2. The zero-order valence-electron chi connectivity index (χ0n) is 21.9. The molecule has 0 saturated heterocycles. The molecule has 0 atom stereocenters. The van der Waals surface area contributed by atoms with Crippen LogP contribution in [0.1, 0.15) is 35.2 Å². The van der Waals surface area contributed by atoms with Crippen molar-refractivity contribution in [1.82, 2.24) is 25.6 Å². The number of hydrogen-bond acceptors (Lipinski definition) is 9. The topological polar surface area (TPSA) is 173 Å². The Morgan fingerprint density at radius 3 is 2.19 bits per heavy atom. The molecule has 3 aromatic rings. The van der Waals surface area contributed by atoms with Crippen molar-refractivity contribution in [3.05, 3.63) is 64.7 Å². The standard InChI is InChI=1S/C26H26ClF3N8O4/c27-17-6-4-16(5-7-17)25(10-11-25)38-23-35-22(36-24(37-23)42-14-26(28,29)30)34-18-8-2-15(3-9-18)20(40)32-12-1-13-33-21(41)19(31)39/h2-9H,1,10-14H2,(H2,31,39)(H,32,40)(H,33,41)(H2,34,35,36,37,38). The van der Waals surface area contributed by atoms with Gasteiger partial charge in [0.15, 0.2) is 6.61 Å². The molecule has 1 saturated carbocycles. The fourth-order valence-corrected chi connectivity index (χ4v) is 3.91. The Balaban J connectivity index is 1.41. The molecule has 0 spiro atoms. The van der Waals surface area contributed by atoms with Crippen LogP contribution in [0.3, 0.4) is 0 Å². The molecule has 0 radical (unpaired) electrons. The summed E-state index contributed by atoms with van der Waals surface area (Å²) in [6.45, 7) is -1.19. The molecule has 16 heteroatoms. The first-order valence-electron chi connectivity index (χ1n) is 12.7. The summed E-state index contributed by atoms with van der Waals surface area (Å²) >= 11 is 5.99. The first-order chi connectivity index (χ1) is 19.9. The first kappa shape index (κ1) is 30.3. The maximum atomic E-state index is 12.8. The lowest BCUT2D eigenvalue weighted by molar-refractivity contribution is -0.154. The van der Waals surface area contributed by atoms with Gasteiger partial charge in [0.1, 0.15) is 0 Å². The molecule has 0 bridgehead atoms. The summed E-state index contributed by atoms with van der Waals surface area (Å²) in [4.78, 5) is 46.5. The molecular formula is C26H26ClF3N8O4. The largest absolute Gasteiger partial charge is 0.454 e. The molecule has 4 rings (SSSR count). The predicted octanol–water partition coefficient (Wildman–Crippen LogP) is 3.03. The van der Waals surface area contributed by atoms with Gasteiger partial charge in [0.25, 0.3) is 5.91 Å². The highest BCUT2D eigenvalue weighted by Crippen LogP contribution is 2.48. The van der Waals surface area contributed by atoms with E-state index in [0.717, 1.165) is 18.4 Å². The van der Waals surface area contributed by atoms with Crippen LogP contribution in [0.2, 0.25) is 5.02 Å². The number of nitrogens with one attached hydrogen (secondary N) is 4. The Morgan fingerprint density at radius 1 is 0.929 bits per heavy atom. The number of carbonyl (C=O) groups is 3. The molecule has 0 unspecified atom stereocenters. The van der Waals surface area contributed by atoms with Crippen LogP contribution in [-0.2, 0) is 15.1 Å². The fraction of sp³-hybridized carbons (Fsp3) is 0.308. The predicted molar refractivity (Wildman–Crippen MR) is 146 cm³/mol. The summed E-state index contributed by atoms with van der Waals surface area (Å²) in [5.74, 6) is -2.44. The quantitative estimate of drug-likeness (QED) is 0.153. The van der Waals surface area contributed by atoms with Crippen LogP contribution in [0.5, 0.6) is 6.01 Å². The molecule has 1 aromatic heterocycles. The van der Waals surface area contributed by atoms with E-state index in [9.17, 15) is 27.6 Å². The molecule has 2 aromatic carbocycles. The third-order valence-corrected chi connectivity index (χ3v) is 6.28. The van der Waals surface area contributed by atoms with Crippen molar-refractivity contribution in [2.24, 2.45) is 5.73 Å². The number of alkyl halides is 3. The third-order valence-electron chi connectivity index (χ3n) is 6.03. The number of ether oxygens (including phenoxy) is 1. The Kier molecular flexibility index (Phi) is 9.30. The van der Waals surface area contributed by atoms with Gasteiger partial charge in [-0.1, -0.05) is 23.7 Å². The molecule has 6 N–H and O–H groups in total. The molecule has 0 aliphatic heterocycles. The third kappa shape index (κ3) is 8.67. The lowest BCUT2D eigenvalue weighted by Crippen LogP contribution is -2.37. The highest BCUT2D eigenvalue weighted by atomic mass is 35.5. The van der Waals surface area contributed by atoms with Gasteiger partial charge < -0.3 is 31.7 Å². The van der Waals surface area contributed by atoms with Gasteiger partial charge in [-0.05, 0) is 61.2 Å². The number of nitrogens with two attached hydrogens (primary N) is 1. The van der Waals surface area contributed by atoms with Crippen molar-refractivity contribution in [3.8, 4) is 6.01 Å². The molecule has 222 valence electrons. The number of halogens is 4. The summed E-state index contributed by atoms with van der Waals surface area (Å²) in [5.41, 5.74) is 6.02. The molecular weight excluding hydrogens is 581 g/mol. The average molecular weight is 607 g/mol. The lowest BCUT2D eigenvalue weighted by atomic mass is 10.1. The number of rotatable bonds is 12. The normalized spacial score (nSPS) is 13.5. The van der Waals surface area contributed by atoms with Crippen molar-refractivity contribution in [2.45, 2.75) is 31.0 Å². The van der Waals surface area contributed by atoms with Crippen LogP contribution in [-0.4, -0.2) is 58.5 Å². The van der Waals surface area contributed by atoms with Crippen molar-refractivity contribution in [1.29, 1.82) is 0 Å². The molecule has 42 heavy (non-hydrogen) atoms. The minimum atomic E-state index is -4.59. The van der Waals surface area contributed by atoms with E-state index >= 15 is 0 Å².